The topological polar surface area (TPSA) is 36.4 Å². The van der Waals surface area contributed by atoms with Gasteiger partial charge in [-0.25, -0.2) is 4.39 Å². The number of hydrogen-bond acceptors (Lipinski definition) is 1. The van der Waals surface area contributed by atoms with Crippen molar-refractivity contribution in [1.29, 1.82) is 0 Å². The Morgan fingerprint density at radius 2 is 2.00 bits per heavy atom. The molecule has 0 aliphatic carbocycles. The highest BCUT2D eigenvalue weighted by atomic mass is 127. The van der Waals surface area contributed by atoms with Gasteiger partial charge in [0.05, 0.1) is 0 Å². The van der Waals surface area contributed by atoms with Crippen LogP contribution in [0.1, 0.15) is 33.3 Å². The summed E-state index contributed by atoms with van der Waals surface area (Å²) in [5.74, 6) is 0.453. The number of guanidine groups is 1. The number of hydrogen-bond donors (Lipinski definition) is 2. The molecular weight excluding hydrogens is 404 g/mol. The van der Waals surface area contributed by atoms with E-state index in [0.717, 1.165) is 12.5 Å². The lowest BCUT2D eigenvalue weighted by molar-refractivity contribution is 0.501. The smallest absolute Gasteiger partial charge is 0.191 e. The van der Waals surface area contributed by atoms with Gasteiger partial charge in [0.15, 0.2) is 5.96 Å². The maximum Gasteiger partial charge on any atom is 0.191 e. The molecule has 1 aromatic rings. The zero-order valence-corrected chi connectivity index (χ0v) is 16.1. The lowest BCUT2D eigenvalue weighted by Crippen LogP contribution is -2.47. The SMILES string of the molecule is CCNC(=NCCc1c(F)cccc1Cl)NC(C)(C)C.I. The van der Waals surface area contributed by atoms with Gasteiger partial charge in [-0.05, 0) is 46.2 Å². The second-order valence-electron chi connectivity index (χ2n) is 5.59. The third kappa shape index (κ3) is 7.85. The van der Waals surface area contributed by atoms with Gasteiger partial charge >= 0.3 is 0 Å². The van der Waals surface area contributed by atoms with Gasteiger partial charge in [0.25, 0.3) is 0 Å². The molecule has 0 spiro atoms. The lowest BCUT2D eigenvalue weighted by Gasteiger charge is -2.23. The Morgan fingerprint density at radius 3 is 2.52 bits per heavy atom. The normalized spacial score (nSPS) is 11.8. The number of rotatable bonds is 4. The summed E-state index contributed by atoms with van der Waals surface area (Å²) in [7, 11) is 0. The summed E-state index contributed by atoms with van der Waals surface area (Å²) in [6.07, 6.45) is 0.478. The number of benzene rings is 1. The number of aliphatic imine (C=N–C) groups is 1. The highest BCUT2D eigenvalue weighted by molar-refractivity contribution is 14.0. The van der Waals surface area contributed by atoms with Crippen LogP contribution in [0.5, 0.6) is 0 Å². The molecule has 0 amide bonds. The fourth-order valence-corrected chi connectivity index (χ4v) is 1.97. The maximum absolute atomic E-state index is 13.6. The van der Waals surface area contributed by atoms with Crippen molar-refractivity contribution < 1.29 is 4.39 Å². The van der Waals surface area contributed by atoms with E-state index in [9.17, 15) is 4.39 Å². The van der Waals surface area contributed by atoms with Crippen molar-refractivity contribution in [3.63, 3.8) is 0 Å². The summed E-state index contributed by atoms with van der Waals surface area (Å²) in [6.45, 7) is 9.46. The van der Waals surface area contributed by atoms with Crippen molar-refractivity contribution in [3.05, 3.63) is 34.6 Å². The average molecular weight is 428 g/mol. The standard InChI is InChI=1S/C15H23ClFN3.HI/c1-5-18-14(20-15(2,3)4)19-10-9-11-12(16)7-6-8-13(11)17;/h6-8H,5,9-10H2,1-4H3,(H2,18,19,20);1H. The summed E-state index contributed by atoms with van der Waals surface area (Å²) in [6, 6.07) is 4.72. The van der Waals surface area contributed by atoms with Gasteiger partial charge in [-0.1, -0.05) is 17.7 Å². The van der Waals surface area contributed by atoms with Crippen molar-refractivity contribution >= 4 is 41.5 Å². The van der Waals surface area contributed by atoms with E-state index in [2.05, 4.69) is 36.4 Å². The Morgan fingerprint density at radius 1 is 1.33 bits per heavy atom. The molecule has 0 saturated carbocycles. The molecule has 1 aromatic carbocycles. The molecule has 21 heavy (non-hydrogen) atoms. The van der Waals surface area contributed by atoms with E-state index in [1.54, 1.807) is 12.1 Å². The fraction of sp³-hybridized carbons (Fsp3) is 0.533. The van der Waals surface area contributed by atoms with E-state index in [0.29, 0.717) is 23.6 Å². The lowest BCUT2D eigenvalue weighted by atomic mass is 10.1. The Labute approximate surface area is 148 Å². The summed E-state index contributed by atoms with van der Waals surface area (Å²) in [4.78, 5) is 4.45. The molecule has 0 heterocycles. The molecular formula is C15H24ClFIN3. The van der Waals surface area contributed by atoms with Crippen molar-refractivity contribution in [1.82, 2.24) is 10.6 Å². The average Bonchev–Trinajstić information content (AvgIpc) is 2.31. The molecule has 0 atom stereocenters. The molecule has 3 nitrogen and oxygen atoms in total. The van der Waals surface area contributed by atoms with Crippen LogP contribution >= 0.6 is 35.6 Å². The zero-order valence-electron chi connectivity index (χ0n) is 13.0. The van der Waals surface area contributed by atoms with Gasteiger partial charge in [0, 0.05) is 29.2 Å². The summed E-state index contributed by atoms with van der Waals surface area (Å²) in [5.41, 5.74) is 0.445. The summed E-state index contributed by atoms with van der Waals surface area (Å²) < 4.78 is 13.6. The Balaban J connectivity index is 0.00000400. The van der Waals surface area contributed by atoms with Crippen molar-refractivity contribution in [2.75, 3.05) is 13.1 Å². The van der Waals surface area contributed by atoms with Crippen LogP contribution in [-0.2, 0) is 6.42 Å². The molecule has 0 fully saturated rings. The minimum absolute atomic E-state index is 0. The van der Waals surface area contributed by atoms with E-state index < -0.39 is 0 Å². The van der Waals surface area contributed by atoms with Crippen LogP contribution < -0.4 is 10.6 Å². The molecule has 0 aliphatic heterocycles. The van der Waals surface area contributed by atoms with Crippen molar-refractivity contribution in [2.24, 2.45) is 4.99 Å². The van der Waals surface area contributed by atoms with Gasteiger partial charge < -0.3 is 10.6 Å². The molecule has 0 bridgehead atoms. The van der Waals surface area contributed by atoms with E-state index in [4.69, 9.17) is 11.6 Å². The van der Waals surface area contributed by atoms with Gasteiger partial charge in [-0.3, -0.25) is 4.99 Å². The first-order valence-electron chi connectivity index (χ1n) is 6.83. The molecule has 2 N–H and O–H groups in total. The number of halogens is 3. The molecule has 6 heteroatoms. The maximum atomic E-state index is 13.6. The van der Waals surface area contributed by atoms with Gasteiger partial charge in [-0.15, -0.1) is 24.0 Å². The monoisotopic (exact) mass is 427 g/mol. The zero-order chi connectivity index (χ0) is 15.2. The number of nitrogens with one attached hydrogen (secondary N) is 2. The second-order valence-corrected chi connectivity index (χ2v) is 5.99. The molecule has 0 aliphatic rings. The van der Waals surface area contributed by atoms with Crippen LogP contribution in [0.15, 0.2) is 23.2 Å². The van der Waals surface area contributed by atoms with Crippen molar-refractivity contribution in [3.8, 4) is 0 Å². The third-order valence-electron chi connectivity index (χ3n) is 2.53. The van der Waals surface area contributed by atoms with Crippen LogP contribution in [0.25, 0.3) is 0 Å². The molecule has 1 rings (SSSR count). The van der Waals surface area contributed by atoms with Crippen molar-refractivity contribution in [2.45, 2.75) is 39.7 Å². The first-order valence-corrected chi connectivity index (χ1v) is 7.20. The van der Waals surface area contributed by atoms with Crippen LogP contribution in [0.4, 0.5) is 4.39 Å². The molecule has 0 unspecified atom stereocenters. The Bertz CT molecular complexity index is 452. The van der Waals surface area contributed by atoms with E-state index in [-0.39, 0.29) is 35.3 Å². The summed E-state index contributed by atoms with van der Waals surface area (Å²) >= 11 is 5.99. The molecule has 0 radical (unpaired) electrons. The largest absolute Gasteiger partial charge is 0.357 e. The Kier molecular flexibility index (Phi) is 9.20. The third-order valence-corrected chi connectivity index (χ3v) is 2.89. The molecule has 120 valence electrons. The minimum atomic E-state index is -0.276. The fourth-order valence-electron chi connectivity index (χ4n) is 1.71. The van der Waals surface area contributed by atoms with Gasteiger partial charge in [-0.2, -0.15) is 0 Å². The predicted octanol–water partition coefficient (Wildman–Crippen LogP) is 3.99. The van der Waals surface area contributed by atoms with Crippen LogP contribution in [0.3, 0.4) is 0 Å². The van der Waals surface area contributed by atoms with Crippen LogP contribution in [0, 0.1) is 5.82 Å². The minimum Gasteiger partial charge on any atom is -0.357 e. The van der Waals surface area contributed by atoms with Crippen LogP contribution in [0.2, 0.25) is 5.02 Å². The van der Waals surface area contributed by atoms with Crippen LogP contribution in [-0.4, -0.2) is 24.6 Å². The van der Waals surface area contributed by atoms with E-state index >= 15 is 0 Å². The predicted molar refractivity (Wildman–Crippen MR) is 99.4 cm³/mol. The first kappa shape index (κ1) is 20.4. The number of nitrogens with zero attached hydrogens (tertiary/aromatic N) is 1. The molecule has 0 aromatic heterocycles. The summed E-state index contributed by atoms with van der Waals surface area (Å²) in [5, 5.41) is 6.90. The van der Waals surface area contributed by atoms with E-state index in [1.165, 1.54) is 6.07 Å². The second kappa shape index (κ2) is 9.46. The highest BCUT2D eigenvalue weighted by Crippen LogP contribution is 2.19. The molecule has 0 saturated heterocycles. The van der Waals surface area contributed by atoms with E-state index in [1.807, 2.05) is 6.92 Å². The Hall–Kier alpha value is -0.560. The van der Waals surface area contributed by atoms with Gasteiger partial charge in [0.2, 0.25) is 0 Å². The quantitative estimate of drug-likeness (QED) is 0.433. The highest BCUT2D eigenvalue weighted by Gasteiger charge is 2.12. The first-order chi connectivity index (χ1) is 9.33. The van der Waals surface area contributed by atoms with Gasteiger partial charge in [0.1, 0.15) is 5.82 Å².